The number of aliphatic hydroxyl groups is 1. The standard InChI is InChI=1S/C66H98O10Si2/c1-48-44-62-65(8,75-55(48)30-22-43-71-78(64(5,6)7,52-26-18-14-19-27-52)53-28-20-15-21-29-53)40-38-54(67)59(74-62)45-60-56(70-47-50-32-34-51(68-10)35-33-50)36-37-57-58(72-60)39-41-66(9,76-77(11,12)63(2,3)4)61(73-57)31-23-42-69-46-49-24-16-13-17-25-49/h13-21,24-29,32-35,48,54-62,67H,22-23,30-31,36-47H2,1-12H3/t48-,54-,55-,56+,57-,58+,59+,60-,61+,62-,65+,66-/m0/s1. The molecule has 0 aromatic heterocycles. The molecule has 4 aliphatic heterocycles. The van der Waals surface area contributed by atoms with E-state index in [2.05, 4.69) is 172 Å². The van der Waals surface area contributed by atoms with Gasteiger partial charge in [-0.3, -0.25) is 0 Å². The summed E-state index contributed by atoms with van der Waals surface area (Å²) in [6.07, 6.45) is 6.93. The normalized spacial score (nSPS) is 30.3. The molecule has 0 unspecified atom stereocenters. The Morgan fingerprint density at radius 2 is 1.26 bits per heavy atom. The lowest BCUT2D eigenvalue weighted by Crippen LogP contribution is -2.66. The van der Waals surface area contributed by atoms with E-state index in [1.165, 1.54) is 15.9 Å². The number of hydrogen-bond acceptors (Lipinski definition) is 10. The molecule has 12 atom stereocenters. The maximum Gasteiger partial charge on any atom is 0.261 e. The van der Waals surface area contributed by atoms with Crippen LogP contribution in [0.5, 0.6) is 5.75 Å². The zero-order chi connectivity index (χ0) is 55.8. The third-order valence-corrected chi connectivity index (χ3v) is 28.1. The fourth-order valence-electron chi connectivity index (χ4n) is 12.8. The topological polar surface area (TPSA) is 103 Å². The van der Waals surface area contributed by atoms with Crippen molar-refractivity contribution < 1.29 is 47.1 Å². The Kier molecular flexibility index (Phi) is 20.5. The summed E-state index contributed by atoms with van der Waals surface area (Å²) in [7, 11) is -3.18. The summed E-state index contributed by atoms with van der Waals surface area (Å²) in [6, 6.07) is 40.3. The monoisotopic (exact) mass is 1110 g/mol. The van der Waals surface area contributed by atoms with Crippen molar-refractivity contribution in [1.82, 2.24) is 0 Å². The van der Waals surface area contributed by atoms with Crippen LogP contribution in [0.1, 0.15) is 150 Å². The van der Waals surface area contributed by atoms with Crippen molar-refractivity contribution in [3.8, 4) is 5.75 Å². The minimum Gasteiger partial charge on any atom is -0.497 e. The molecule has 0 bridgehead atoms. The van der Waals surface area contributed by atoms with Crippen molar-refractivity contribution in [3.05, 3.63) is 126 Å². The summed E-state index contributed by atoms with van der Waals surface area (Å²) in [6.45, 7) is 27.8. The van der Waals surface area contributed by atoms with Gasteiger partial charge in [0.15, 0.2) is 8.32 Å². The van der Waals surface area contributed by atoms with Crippen molar-refractivity contribution in [3.63, 3.8) is 0 Å². The van der Waals surface area contributed by atoms with Gasteiger partial charge in [-0.2, -0.15) is 0 Å². The predicted octanol–water partition coefficient (Wildman–Crippen LogP) is 13.3. The molecule has 0 aliphatic carbocycles. The fraction of sp³-hybridized carbons (Fsp3) is 0.636. The second-order valence-corrected chi connectivity index (χ2v) is 35.4. The lowest BCUT2D eigenvalue weighted by molar-refractivity contribution is -0.230. The van der Waals surface area contributed by atoms with Crippen molar-refractivity contribution in [2.24, 2.45) is 5.92 Å². The van der Waals surface area contributed by atoms with Gasteiger partial charge in [0.1, 0.15) is 5.75 Å². The van der Waals surface area contributed by atoms with E-state index in [1.54, 1.807) is 7.11 Å². The van der Waals surface area contributed by atoms with Crippen molar-refractivity contribution in [1.29, 1.82) is 0 Å². The SMILES string of the molecule is COc1ccc(CO[C@@H]2CC[C@@H]3O[C@H](CCCOCc4ccccc4)[C@@](C)(O[Si](C)(C)C(C)(C)C)CC[C@H]3O[C@H]2C[C@H]2O[C@H]3C[C@H](C)[C@H](CCCO[Si](c4ccccc4)(c4ccccc4)C(C)(C)C)O[C@]3(C)CC[C@@H]2O)cc1. The third kappa shape index (κ3) is 14.7. The molecule has 4 aromatic carbocycles. The van der Waals surface area contributed by atoms with E-state index in [0.29, 0.717) is 45.7 Å². The van der Waals surface area contributed by atoms with Crippen LogP contribution in [0.4, 0.5) is 0 Å². The number of hydrogen-bond donors (Lipinski definition) is 1. The Morgan fingerprint density at radius 1 is 0.641 bits per heavy atom. The summed E-state index contributed by atoms with van der Waals surface area (Å²) in [5.74, 6) is 1.07. The van der Waals surface area contributed by atoms with E-state index in [-0.39, 0.29) is 58.7 Å². The molecule has 0 amide bonds. The minimum absolute atomic E-state index is 0.0330. The van der Waals surface area contributed by atoms with Crippen LogP contribution in [0, 0.1) is 5.92 Å². The van der Waals surface area contributed by atoms with E-state index < -0.39 is 40.0 Å². The molecular weight excluding hydrogens is 1010 g/mol. The fourth-order valence-corrected chi connectivity index (χ4v) is 19.1. The van der Waals surface area contributed by atoms with Crippen LogP contribution in [0.25, 0.3) is 0 Å². The second kappa shape index (κ2) is 26.3. The van der Waals surface area contributed by atoms with Gasteiger partial charge in [0.25, 0.3) is 8.32 Å². The van der Waals surface area contributed by atoms with Crippen molar-refractivity contribution >= 4 is 27.0 Å². The smallest absolute Gasteiger partial charge is 0.261 e. The van der Waals surface area contributed by atoms with Crippen LogP contribution in [0.3, 0.4) is 0 Å². The van der Waals surface area contributed by atoms with Crippen LogP contribution >= 0.6 is 0 Å². The van der Waals surface area contributed by atoms with Crippen LogP contribution < -0.4 is 15.1 Å². The molecule has 1 N–H and O–H groups in total. The molecule has 0 radical (unpaired) electrons. The lowest BCUT2D eigenvalue weighted by Gasteiger charge is -2.47. The average molecular weight is 1110 g/mol. The van der Waals surface area contributed by atoms with Gasteiger partial charge in [-0.25, -0.2) is 0 Å². The molecule has 430 valence electrons. The number of methoxy groups -OCH3 is 1. The number of rotatable bonds is 21. The van der Waals surface area contributed by atoms with E-state index in [4.69, 9.17) is 42.0 Å². The maximum absolute atomic E-state index is 12.2. The van der Waals surface area contributed by atoms with Gasteiger partial charge in [0.2, 0.25) is 0 Å². The first-order valence-electron chi connectivity index (χ1n) is 29.8. The summed E-state index contributed by atoms with van der Waals surface area (Å²) in [5.41, 5.74) is 1.19. The zero-order valence-corrected chi connectivity index (χ0v) is 51.7. The second-order valence-electron chi connectivity index (χ2n) is 26.4. The highest BCUT2D eigenvalue weighted by Crippen LogP contribution is 2.47. The van der Waals surface area contributed by atoms with Crippen molar-refractivity contribution in [2.45, 2.75) is 242 Å². The average Bonchev–Trinajstić information content (AvgIpc) is 3.88. The Labute approximate surface area is 472 Å². The molecule has 4 aliphatic rings. The minimum atomic E-state index is -2.65. The molecule has 4 heterocycles. The number of benzene rings is 4. The molecule has 4 saturated heterocycles. The number of ether oxygens (including phenoxy) is 7. The van der Waals surface area contributed by atoms with Gasteiger partial charge in [-0.15, -0.1) is 0 Å². The Hall–Kier alpha value is -3.25. The van der Waals surface area contributed by atoms with Gasteiger partial charge >= 0.3 is 0 Å². The molecule has 12 heteroatoms. The van der Waals surface area contributed by atoms with Crippen LogP contribution in [0.2, 0.25) is 23.2 Å². The Morgan fingerprint density at radius 3 is 1.88 bits per heavy atom. The van der Waals surface area contributed by atoms with Gasteiger partial charge in [-0.1, -0.05) is 152 Å². The first-order valence-corrected chi connectivity index (χ1v) is 34.6. The molecular formula is C66H98O10Si2. The first kappa shape index (κ1) is 60.8. The summed E-state index contributed by atoms with van der Waals surface area (Å²) < 4.78 is 62.7. The third-order valence-electron chi connectivity index (χ3n) is 18.5. The first-order chi connectivity index (χ1) is 37.1. The molecule has 0 spiro atoms. The van der Waals surface area contributed by atoms with E-state index in [1.807, 2.05) is 18.2 Å². The number of fused-ring (bicyclic) bond motifs is 2. The van der Waals surface area contributed by atoms with Crippen LogP contribution in [-0.4, -0.2) is 108 Å². The maximum atomic E-state index is 12.2. The molecule has 78 heavy (non-hydrogen) atoms. The summed E-state index contributed by atoms with van der Waals surface area (Å²) in [5, 5.41) is 14.7. The highest BCUT2D eigenvalue weighted by atomic mass is 28.4. The van der Waals surface area contributed by atoms with Crippen molar-refractivity contribution in [2.75, 3.05) is 20.3 Å². The van der Waals surface area contributed by atoms with E-state index >= 15 is 0 Å². The molecule has 4 fully saturated rings. The molecule has 8 rings (SSSR count). The van der Waals surface area contributed by atoms with E-state index in [9.17, 15) is 5.11 Å². The van der Waals surface area contributed by atoms with Gasteiger partial charge in [0.05, 0.1) is 86.5 Å². The Bertz CT molecular complexity index is 2370. The van der Waals surface area contributed by atoms with E-state index in [0.717, 1.165) is 69.1 Å². The lowest BCUT2D eigenvalue weighted by atomic mass is 9.80. The summed E-state index contributed by atoms with van der Waals surface area (Å²) >= 11 is 0. The van der Waals surface area contributed by atoms with Crippen LogP contribution in [0.15, 0.2) is 115 Å². The van der Waals surface area contributed by atoms with Gasteiger partial charge in [-0.05, 0) is 147 Å². The Balaban J connectivity index is 0.967. The molecule has 0 saturated carbocycles. The predicted molar refractivity (Wildman–Crippen MR) is 318 cm³/mol. The molecule has 4 aromatic rings. The van der Waals surface area contributed by atoms with Gasteiger partial charge in [0, 0.05) is 19.6 Å². The quantitative estimate of drug-likeness (QED) is 0.0641. The zero-order valence-electron chi connectivity index (χ0n) is 49.7. The van der Waals surface area contributed by atoms with Crippen LogP contribution in [-0.2, 0) is 50.5 Å². The largest absolute Gasteiger partial charge is 0.497 e. The summed E-state index contributed by atoms with van der Waals surface area (Å²) in [4.78, 5) is 0. The number of aliphatic hydroxyl groups excluding tert-OH is 1. The molecule has 10 nitrogen and oxygen atoms in total. The highest BCUT2D eigenvalue weighted by Gasteiger charge is 2.54. The highest BCUT2D eigenvalue weighted by molar-refractivity contribution is 6.99. The van der Waals surface area contributed by atoms with Gasteiger partial charge < -0.3 is 47.1 Å².